The molecule has 1 heterocycles. The average Bonchev–Trinajstić information content (AvgIpc) is 2.18. The number of piperidine rings is 1. The SMILES string of the molecule is NCCN1CCC[C@H](C(=O)NI)C1. The van der Waals surface area contributed by atoms with E-state index in [1.165, 1.54) is 0 Å². The van der Waals surface area contributed by atoms with Gasteiger partial charge in [0.1, 0.15) is 0 Å². The second kappa shape index (κ2) is 5.77. The van der Waals surface area contributed by atoms with Gasteiger partial charge in [0.05, 0.1) is 28.8 Å². The molecule has 1 atom stereocenters. The molecule has 76 valence electrons. The quantitative estimate of drug-likeness (QED) is 0.575. The summed E-state index contributed by atoms with van der Waals surface area (Å²) >= 11 is 1.90. The first-order valence-electron chi connectivity index (χ1n) is 4.61. The highest BCUT2D eigenvalue weighted by molar-refractivity contribution is 14.1. The molecule has 3 N–H and O–H groups in total. The van der Waals surface area contributed by atoms with Crippen LogP contribution < -0.4 is 9.26 Å². The van der Waals surface area contributed by atoms with Gasteiger partial charge in [0.2, 0.25) is 5.91 Å². The van der Waals surface area contributed by atoms with Crippen molar-refractivity contribution >= 4 is 28.8 Å². The predicted octanol–water partition coefficient (Wildman–Crippen LogP) is 0.123. The highest BCUT2D eigenvalue weighted by atomic mass is 127. The van der Waals surface area contributed by atoms with Gasteiger partial charge in [-0.15, -0.1) is 0 Å². The van der Waals surface area contributed by atoms with Crippen molar-refractivity contribution in [3.05, 3.63) is 0 Å². The number of carbonyl (C=O) groups is 1. The monoisotopic (exact) mass is 297 g/mol. The van der Waals surface area contributed by atoms with Gasteiger partial charge in [-0.3, -0.25) is 8.32 Å². The zero-order chi connectivity index (χ0) is 9.68. The zero-order valence-electron chi connectivity index (χ0n) is 7.63. The smallest absolute Gasteiger partial charge is 0.232 e. The standard InChI is InChI=1S/C8H16IN3O/c9-11-8(13)7-2-1-4-12(6-7)5-3-10/h7H,1-6,10H2,(H,11,13)/t7-/m0/s1. The van der Waals surface area contributed by atoms with Crippen molar-refractivity contribution in [1.29, 1.82) is 0 Å². The Balaban J connectivity index is 2.37. The lowest BCUT2D eigenvalue weighted by Gasteiger charge is -2.30. The lowest BCUT2D eigenvalue weighted by molar-refractivity contribution is -0.124. The molecular formula is C8H16IN3O. The molecule has 0 aliphatic carbocycles. The van der Waals surface area contributed by atoms with E-state index in [1.807, 2.05) is 22.9 Å². The Bertz CT molecular complexity index is 175. The number of rotatable bonds is 3. The molecule has 1 aliphatic heterocycles. The molecule has 1 saturated heterocycles. The van der Waals surface area contributed by atoms with Crippen LogP contribution in [0.2, 0.25) is 0 Å². The fourth-order valence-electron chi connectivity index (χ4n) is 1.73. The Labute approximate surface area is 92.7 Å². The number of likely N-dealkylation sites (tertiary alicyclic amines) is 1. The third kappa shape index (κ3) is 3.40. The molecule has 1 rings (SSSR count). The molecule has 0 spiro atoms. The summed E-state index contributed by atoms with van der Waals surface area (Å²) in [5, 5.41) is 0. The highest BCUT2D eigenvalue weighted by Gasteiger charge is 2.24. The molecule has 0 unspecified atom stereocenters. The van der Waals surface area contributed by atoms with Crippen molar-refractivity contribution in [2.45, 2.75) is 12.8 Å². The molecule has 0 saturated carbocycles. The van der Waals surface area contributed by atoms with Crippen LogP contribution in [0.25, 0.3) is 0 Å². The summed E-state index contributed by atoms with van der Waals surface area (Å²) in [6.45, 7) is 3.54. The van der Waals surface area contributed by atoms with E-state index in [4.69, 9.17) is 5.73 Å². The van der Waals surface area contributed by atoms with Crippen molar-refractivity contribution in [2.75, 3.05) is 26.2 Å². The molecule has 1 aliphatic rings. The zero-order valence-corrected chi connectivity index (χ0v) is 9.79. The van der Waals surface area contributed by atoms with Crippen LogP contribution in [0.1, 0.15) is 12.8 Å². The van der Waals surface area contributed by atoms with E-state index in [0.717, 1.165) is 32.5 Å². The van der Waals surface area contributed by atoms with Crippen LogP contribution in [0.5, 0.6) is 0 Å². The first-order valence-corrected chi connectivity index (χ1v) is 5.68. The third-order valence-corrected chi connectivity index (χ3v) is 2.95. The van der Waals surface area contributed by atoms with Crippen LogP contribution in [-0.2, 0) is 4.79 Å². The molecule has 4 nitrogen and oxygen atoms in total. The molecule has 0 aromatic rings. The lowest BCUT2D eigenvalue weighted by Crippen LogP contribution is -2.42. The van der Waals surface area contributed by atoms with E-state index in [2.05, 4.69) is 8.43 Å². The Morgan fingerprint density at radius 3 is 3.08 bits per heavy atom. The first-order chi connectivity index (χ1) is 6.27. The Hall–Kier alpha value is 0.120. The van der Waals surface area contributed by atoms with Gasteiger partial charge >= 0.3 is 0 Å². The van der Waals surface area contributed by atoms with E-state index in [0.29, 0.717) is 6.54 Å². The Morgan fingerprint density at radius 2 is 2.46 bits per heavy atom. The Kier molecular flexibility index (Phi) is 4.97. The summed E-state index contributed by atoms with van der Waals surface area (Å²) in [6, 6.07) is 0. The number of hydrogen-bond acceptors (Lipinski definition) is 3. The molecular weight excluding hydrogens is 281 g/mol. The van der Waals surface area contributed by atoms with E-state index in [9.17, 15) is 4.79 Å². The summed E-state index contributed by atoms with van der Waals surface area (Å²) < 4.78 is 2.67. The maximum absolute atomic E-state index is 11.3. The number of nitrogens with one attached hydrogen (secondary N) is 1. The van der Waals surface area contributed by atoms with Crippen LogP contribution in [0, 0.1) is 5.92 Å². The summed E-state index contributed by atoms with van der Waals surface area (Å²) in [5.74, 6) is 0.319. The number of nitrogens with two attached hydrogens (primary N) is 1. The molecule has 1 fully saturated rings. The lowest BCUT2D eigenvalue weighted by atomic mass is 9.97. The van der Waals surface area contributed by atoms with Crippen molar-refractivity contribution < 1.29 is 4.79 Å². The van der Waals surface area contributed by atoms with Crippen molar-refractivity contribution in [3.8, 4) is 0 Å². The molecule has 0 bridgehead atoms. The maximum atomic E-state index is 11.3. The molecule has 1 amide bonds. The van der Waals surface area contributed by atoms with Gasteiger partial charge in [0.25, 0.3) is 0 Å². The minimum Gasteiger partial charge on any atom is -0.329 e. The fourth-order valence-corrected chi connectivity index (χ4v) is 2.17. The van der Waals surface area contributed by atoms with Crippen LogP contribution in [0.15, 0.2) is 0 Å². The number of hydrogen-bond donors (Lipinski definition) is 2. The molecule has 5 heteroatoms. The molecule has 0 aromatic carbocycles. The van der Waals surface area contributed by atoms with Crippen molar-refractivity contribution in [2.24, 2.45) is 11.7 Å². The maximum Gasteiger partial charge on any atom is 0.232 e. The van der Waals surface area contributed by atoms with E-state index in [1.54, 1.807) is 0 Å². The largest absolute Gasteiger partial charge is 0.329 e. The fraction of sp³-hybridized carbons (Fsp3) is 0.875. The molecule has 0 radical (unpaired) electrons. The van der Waals surface area contributed by atoms with Crippen LogP contribution in [0.4, 0.5) is 0 Å². The number of nitrogens with zero attached hydrogens (tertiary/aromatic N) is 1. The van der Waals surface area contributed by atoms with Gasteiger partial charge in [-0.2, -0.15) is 0 Å². The van der Waals surface area contributed by atoms with Gasteiger partial charge in [-0.25, -0.2) is 0 Å². The second-order valence-electron chi connectivity index (χ2n) is 3.39. The number of amides is 1. The molecule has 13 heavy (non-hydrogen) atoms. The average molecular weight is 297 g/mol. The van der Waals surface area contributed by atoms with Crippen molar-refractivity contribution in [1.82, 2.24) is 8.43 Å². The predicted molar refractivity (Wildman–Crippen MR) is 60.4 cm³/mol. The minimum absolute atomic E-state index is 0.155. The van der Waals surface area contributed by atoms with Crippen LogP contribution >= 0.6 is 22.9 Å². The topological polar surface area (TPSA) is 58.4 Å². The summed E-state index contributed by atoms with van der Waals surface area (Å²) in [6.07, 6.45) is 2.12. The van der Waals surface area contributed by atoms with E-state index >= 15 is 0 Å². The summed E-state index contributed by atoms with van der Waals surface area (Å²) in [4.78, 5) is 13.6. The van der Waals surface area contributed by atoms with Gasteiger partial charge in [0.15, 0.2) is 0 Å². The molecule has 0 aromatic heterocycles. The van der Waals surface area contributed by atoms with E-state index < -0.39 is 0 Å². The van der Waals surface area contributed by atoms with Gasteiger partial charge in [-0.05, 0) is 19.4 Å². The highest BCUT2D eigenvalue weighted by Crippen LogP contribution is 2.16. The summed E-state index contributed by atoms with van der Waals surface area (Å²) in [7, 11) is 0. The third-order valence-electron chi connectivity index (χ3n) is 2.41. The first kappa shape index (κ1) is 11.2. The number of carbonyl (C=O) groups excluding carboxylic acids is 1. The van der Waals surface area contributed by atoms with Crippen LogP contribution in [0.3, 0.4) is 0 Å². The second-order valence-corrected chi connectivity index (χ2v) is 3.93. The van der Waals surface area contributed by atoms with E-state index in [-0.39, 0.29) is 11.8 Å². The minimum atomic E-state index is 0.155. The summed E-state index contributed by atoms with van der Waals surface area (Å²) in [5.41, 5.74) is 5.47. The van der Waals surface area contributed by atoms with Gasteiger partial charge in [0, 0.05) is 19.6 Å². The number of halogens is 1. The normalized spacial score (nSPS) is 24.3. The van der Waals surface area contributed by atoms with Crippen LogP contribution in [-0.4, -0.2) is 37.0 Å². The Morgan fingerprint density at radius 1 is 1.69 bits per heavy atom. The van der Waals surface area contributed by atoms with Crippen molar-refractivity contribution in [3.63, 3.8) is 0 Å². The van der Waals surface area contributed by atoms with Gasteiger partial charge < -0.3 is 10.6 Å². The van der Waals surface area contributed by atoms with Gasteiger partial charge in [-0.1, -0.05) is 0 Å².